The van der Waals surface area contributed by atoms with Crippen molar-refractivity contribution in [3.63, 3.8) is 0 Å². The van der Waals surface area contributed by atoms with Gasteiger partial charge in [-0.2, -0.15) is 0 Å². The number of pyridine rings is 1. The van der Waals surface area contributed by atoms with Crippen molar-refractivity contribution in [1.29, 1.82) is 0 Å². The number of hydrogen-bond donors (Lipinski definition) is 2. The van der Waals surface area contributed by atoms with Gasteiger partial charge in [-0.05, 0) is 42.7 Å². The summed E-state index contributed by atoms with van der Waals surface area (Å²) in [5.74, 6) is 1.15. The molecular weight excluding hydrogens is 359 g/mol. The molecule has 2 aliphatic heterocycles. The topological polar surface area (TPSA) is 68.7 Å². The number of carbonyl (C=O) groups excluding carboxylic acids is 1. The van der Waals surface area contributed by atoms with Crippen LogP contribution in [0.15, 0.2) is 36.5 Å². The number of aryl methyl sites for hydroxylation is 1. The number of carbonyl (C=O) groups is 1. The Morgan fingerprint density at radius 2 is 1.96 bits per heavy atom. The van der Waals surface area contributed by atoms with Gasteiger partial charge < -0.3 is 20.2 Å². The average molecular weight is 386 g/mol. The molecule has 2 aromatic rings. The van der Waals surface area contributed by atoms with Crippen LogP contribution >= 0.6 is 0 Å². The Labute approximate surface area is 165 Å². The molecule has 6 nitrogen and oxygen atoms in total. The normalized spacial score (nSPS) is 16.7. The van der Waals surface area contributed by atoms with Gasteiger partial charge in [-0.25, -0.2) is 9.37 Å². The van der Waals surface area contributed by atoms with Gasteiger partial charge in [0, 0.05) is 45.7 Å². The zero-order chi connectivity index (χ0) is 19.9. The van der Waals surface area contributed by atoms with Gasteiger partial charge in [0.05, 0.1) is 6.20 Å². The molecule has 0 radical (unpaired) electrons. The Bertz CT molecular complexity index is 791. The number of aromatic hydroxyl groups is 1. The first-order valence-electron chi connectivity index (χ1n) is 9.66. The second-order valence-corrected chi connectivity index (χ2v) is 7.11. The number of benzene rings is 1. The minimum Gasteiger partial charge on any atom is -0.506 e. The van der Waals surface area contributed by atoms with E-state index in [1.165, 1.54) is 12.3 Å². The van der Waals surface area contributed by atoms with E-state index in [2.05, 4.69) is 15.2 Å². The number of nitrogens with one attached hydrogen (secondary N) is 1. The predicted octanol–water partition coefficient (Wildman–Crippen LogP) is 2.45. The fourth-order valence-corrected chi connectivity index (χ4v) is 3.29. The smallest absolute Gasteiger partial charge is 0.222 e. The van der Waals surface area contributed by atoms with Crippen LogP contribution < -0.4 is 10.2 Å². The second-order valence-electron chi connectivity index (χ2n) is 7.11. The number of amides is 1. The Morgan fingerprint density at radius 1 is 1.18 bits per heavy atom. The molecule has 0 unspecified atom stereocenters. The van der Waals surface area contributed by atoms with E-state index in [1.807, 2.05) is 12.1 Å². The fourth-order valence-electron chi connectivity index (χ4n) is 3.29. The van der Waals surface area contributed by atoms with Crippen molar-refractivity contribution < 1.29 is 14.3 Å². The number of likely N-dealkylation sites (tertiary alicyclic amines) is 1. The fraction of sp³-hybridized carbons (Fsp3) is 0.429. The molecule has 1 aromatic heterocycles. The van der Waals surface area contributed by atoms with Crippen LogP contribution in [0, 0.1) is 12.7 Å². The summed E-state index contributed by atoms with van der Waals surface area (Å²) in [5.41, 5.74) is 1.51. The number of piperazine rings is 1. The van der Waals surface area contributed by atoms with Crippen molar-refractivity contribution >= 4 is 11.7 Å². The van der Waals surface area contributed by atoms with Crippen LogP contribution in [-0.2, 0) is 11.3 Å². The van der Waals surface area contributed by atoms with Crippen molar-refractivity contribution in [2.75, 3.05) is 37.6 Å². The maximum atomic E-state index is 13.2. The highest BCUT2D eigenvalue weighted by Gasteiger charge is 2.20. The van der Waals surface area contributed by atoms with Crippen LogP contribution in [0.25, 0.3) is 0 Å². The molecule has 0 saturated carbocycles. The van der Waals surface area contributed by atoms with Gasteiger partial charge in [-0.15, -0.1) is 0 Å². The maximum absolute atomic E-state index is 13.2. The zero-order valence-electron chi connectivity index (χ0n) is 16.2. The van der Waals surface area contributed by atoms with Crippen molar-refractivity contribution in [3.8, 4) is 5.75 Å². The van der Waals surface area contributed by atoms with E-state index >= 15 is 0 Å². The maximum Gasteiger partial charge on any atom is 0.222 e. The summed E-state index contributed by atoms with van der Waals surface area (Å²) in [6.07, 6.45) is 3.04. The Kier molecular flexibility index (Phi) is 6.81. The highest BCUT2D eigenvalue weighted by atomic mass is 19.1. The van der Waals surface area contributed by atoms with E-state index in [1.54, 1.807) is 24.0 Å². The molecule has 28 heavy (non-hydrogen) atoms. The standard InChI is InChI=1S/C12H14FNO.C9H13N3O/c1-9-4-5-10(7-11(9)13)8-14-6-2-3-12(14)15;13-8-1-2-9(11-7-8)12-5-3-10-4-6-12/h4-5,7H,2-3,6,8H2,1H3;1-2,7,10,13H,3-6H2. The molecule has 1 aromatic carbocycles. The van der Waals surface area contributed by atoms with Crippen molar-refractivity contribution in [2.24, 2.45) is 0 Å². The Morgan fingerprint density at radius 3 is 2.57 bits per heavy atom. The van der Waals surface area contributed by atoms with Gasteiger partial charge in [0.2, 0.25) is 5.91 Å². The van der Waals surface area contributed by atoms with Crippen molar-refractivity contribution in [1.82, 2.24) is 15.2 Å². The van der Waals surface area contributed by atoms with Crippen LogP contribution in [0.4, 0.5) is 10.2 Å². The molecule has 7 heteroatoms. The largest absolute Gasteiger partial charge is 0.506 e. The predicted molar refractivity (Wildman–Crippen MR) is 107 cm³/mol. The van der Waals surface area contributed by atoms with Crippen molar-refractivity contribution in [3.05, 3.63) is 53.5 Å². The van der Waals surface area contributed by atoms with E-state index in [9.17, 15) is 9.18 Å². The van der Waals surface area contributed by atoms with Crippen LogP contribution in [-0.4, -0.2) is 53.6 Å². The monoisotopic (exact) mass is 386 g/mol. The first-order chi connectivity index (χ1) is 13.5. The second kappa shape index (κ2) is 9.50. The lowest BCUT2D eigenvalue weighted by Gasteiger charge is -2.28. The summed E-state index contributed by atoms with van der Waals surface area (Å²) < 4.78 is 13.2. The number of anilines is 1. The molecular formula is C21H27FN4O2. The summed E-state index contributed by atoms with van der Waals surface area (Å²) >= 11 is 0. The first kappa shape index (κ1) is 20.1. The molecule has 2 fully saturated rings. The molecule has 2 N–H and O–H groups in total. The van der Waals surface area contributed by atoms with E-state index in [0.29, 0.717) is 18.5 Å². The number of aromatic nitrogens is 1. The van der Waals surface area contributed by atoms with Gasteiger partial charge in [0.25, 0.3) is 0 Å². The summed E-state index contributed by atoms with van der Waals surface area (Å²) in [6, 6.07) is 8.67. The SMILES string of the molecule is Cc1ccc(CN2CCCC2=O)cc1F.Oc1ccc(N2CCNCC2)nc1. The van der Waals surface area contributed by atoms with E-state index in [0.717, 1.165) is 50.5 Å². The molecule has 2 saturated heterocycles. The highest BCUT2D eigenvalue weighted by Crippen LogP contribution is 2.16. The molecule has 150 valence electrons. The summed E-state index contributed by atoms with van der Waals surface area (Å²) in [5, 5.41) is 12.3. The van der Waals surface area contributed by atoms with Crippen LogP contribution in [0.2, 0.25) is 0 Å². The van der Waals surface area contributed by atoms with Gasteiger partial charge in [0.15, 0.2) is 0 Å². The summed E-state index contributed by atoms with van der Waals surface area (Å²) in [4.78, 5) is 19.5. The van der Waals surface area contributed by atoms with Crippen molar-refractivity contribution in [2.45, 2.75) is 26.3 Å². The Balaban J connectivity index is 0.000000162. The number of hydrogen-bond acceptors (Lipinski definition) is 5. The lowest BCUT2D eigenvalue weighted by atomic mass is 10.1. The van der Waals surface area contributed by atoms with E-state index < -0.39 is 0 Å². The lowest BCUT2D eigenvalue weighted by Crippen LogP contribution is -2.43. The van der Waals surface area contributed by atoms with Gasteiger partial charge in [-0.1, -0.05) is 12.1 Å². The molecule has 1 amide bonds. The average Bonchev–Trinajstić information content (AvgIpc) is 3.11. The van der Waals surface area contributed by atoms with Gasteiger partial charge >= 0.3 is 0 Å². The molecule has 2 aliphatic rings. The quantitative estimate of drug-likeness (QED) is 0.848. The minimum atomic E-state index is -0.195. The van der Waals surface area contributed by atoms with Gasteiger partial charge in [0.1, 0.15) is 17.4 Å². The summed E-state index contributed by atoms with van der Waals surface area (Å²) in [7, 11) is 0. The molecule has 0 aliphatic carbocycles. The van der Waals surface area contributed by atoms with Crippen LogP contribution in [0.3, 0.4) is 0 Å². The van der Waals surface area contributed by atoms with Gasteiger partial charge in [-0.3, -0.25) is 4.79 Å². The first-order valence-corrected chi connectivity index (χ1v) is 9.66. The highest BCUT2D eigenvalue weighted by molar-refractivity contribution is 5.78. The third kappa shape index (κ3) is 5.42. The molecule has 0 bridgehead atoms. The number of rotatable bonds is 3. The van der Waals surface area contributed by atoms with E-state index in [-0.39, 0.29) is 17.5 Å². The van der Waals surface area contributed by atoms with Crippen LogP contribution in [0.5, 0.6) is 5.75 Å². The van der Waals surface area contributed by atoms with E-state index in [4.69, 9.17) is 5.11 Å². The summed E-state index contributed by atoms with van der Waals surface area (Å²) in [6.45, 7) is 7.05. The number of halogens is 1. The zero-order valence-corrected chi connectivity index (χ0v) is 16.2. The third-order valence-electron chi connectivity index (χ3n) is 4.95. The molecule has 0 atom stereocenters. The van der Waals surface area contributed by atoms with Crippen LogP contribution in [0.1, 0.15) is 24.0 Å². The lowest BCUT2D eigenvalue weighted by molar-refractivity contribution is -0.128. The Hall–Kier alpha value is -2.67. The minimum absolute atomic E-state index is 0.177. The number of nitrogens with zero attached hydrogens (tertiary/aromatic N) is 3. The third-order valence-corrected chi connectivity index (χ3v) is 4.95. The molecule has 3 heterocycles. The molecule has 4 rings (SSSR count). The molecule has 0 spiro atoms.